The number of amides is 2. The molecule has 0 bridgehead atoms. The van der Waals surface area contributed by atoms with Crippen LogP contribution in [0.15, 0.2) is 78.9 Å². The Morgan fingerprint density at radius 2 is 1.49 bits per heavy atom. The van der Waals surface area contributed by atoms with Crippen molar-refractivity contribution < 1.29 is 14.3 Å². The van der Waals surface area contributed by atoms with Gasteiger partial charge in [-0.3, -0.25) is 9.59 Å². The summed E-state index contributed by atoms with van der Waals surface area (Å²) >= 11 is 12.6. The number of hydrogen-bond donors (Lipinski definition) is 1. The van der Waals surface area contributed by atoms with E-state index >= 15 is 0 Å². The van der Waals surface area contributed by atoms with Crippen LogP contribution in [0.2, 0.25) is 10.0 Å². The van der Waals surface area contributed by atoms with E-state index in [1.807, 2.05) is 69.3 Å². The lowest BCUT2D eigenvalue weighted by Gasteiger charge is -2.34. The molecule has 2 amide bonds. The molecule has 0 aliphatic carbocycles. The predicted octanol–water partition coefficient (Wildman–Crippen LogP) is 5.93. The number of carbonyl (C=O) groups excluding carboxylic acids is 2. The molecule has 0 heterocycles. The highest BCUT2D eigenvalue weighted by Crippen LogP contribution is 2.24. The second-order valence-corrected chi connectivity index (χ2v) is 10.1. The normalized spacial score (nSPS) is 12.0. The second-order valence-electron chi connectivity index (χ2n) is 9.28. The molecule has 0 aliphatic rings. The van der Waals surface area contributed by atoms with Crippen molar-refractivity contribution in [1.82, 2.24) is 10.2 Å². The lowest BCUT2D eigenvalue weighted by Crippen LogP contribution is -2.55. The number of hydrogen-bond acceptors (Lipinski definition) is 3. The topological polar surface area (TPSA) is 58.6 Å². The summed E-state index contributed by atoms with van der Waals surface area (Å²) in [5.74, 6) is -0.201. The maximum absolute atomic E-state index is 13.6. The van der Waals surface area contributed by atoms with E-state index in [0.29, 0.717) is 22.2 Å². The van der Waals surface area contributed by atoms with Crippen LogP contribution in [-0.4, -0.2) is 34.9 Å². The summed E-state index contributed by atoms with van der Waals surface area (Å²) in [5, 5.41) is 3.96. The van der Waals surface area contributed by atoms with Gasteiger partial charge in [0.05, 0.1) is 5.02 Å². The van der Waals surface area contributed by atoms with Gasteiger partial charge in [-0.05, 0) is 50.1 Å². The van der Waals surface area contributed by atoms with Crippen molar-refractivity contribution in [2.45, 2.75) is 45.3 Å². The van der Waals surface area contributed by atoms with Gasteiger partial charge in [0, 0.05) is 23.5 Å². The zero-order valence-electron chi connectivity index (χ0n) is 20.1. The van der Waals surface area contributed by atoms with Gasteiger partial charge in [0.2, 0.25) is 5.91 Å². The molecule has 0 aromatic heterocycles. The van der Waals surface area contributed by atoms with Crippen molar-refractivity contribution in [2.75, 3.05) is 6.61 Å². The number of halogens is 2. The molecule has 0 saturated heterocycles. The molecular formula is C28H30Cl2N2O3. The lowest BCUT2D eigenvalue weighted by molar-refractivity contribution is -0.143. The number of para-hydroxylation sites is 1. The van der Waals surface area contributed by atoms with Crippen LogP contribution in [0.3, 0.4) is 0 Å². The van der Waals surface area contributed by atoms with Gasteiger partial charge in [0.15, 0.2) is 6.61 Å². The monoisotopic (exact) mass is 512 g/mol. The highest BCUT2D eigenvalue weighted by atomic mass is 35.5. The van der Waals surface area contributed by atoms with Gasteiger partial charge in [0.25, 0.3) is 5.91 Å². The minimum absolute atomic E-state index is 0.152. The fraction of sp³-hybridized carbons (Fsp3) is 0.286. The maximum Gasteiger partial charge on any atom is 0.261 e. The van der Waals surface area contributed by atoms with Crippen molar-refractivity contribution in [3.8, 4) is 5.75 Å². The lowest BCUT2D eigenvalue weighted by atomic mass is 10.0. The molecule has 1 N–H and O–H groups in total. The van der Waals surface area contributed by atoms with Gasteiger partial charge in [-0.15, -0.1) is 0 Å². The number of ether oxygens (including phenoxy) is 1. The molecule has 5 nitrogen and oxygen atoms in total. The molecule has 0 saturated carbocycles. The predicted molar refractivity (Wildman–Crippen MR) is 141 cm³/mol. The van der Waals surface area contributed by atoms with Gasteiger partial charge in [-0.2, -0.15) is 0 Å². The first-order valence-electron chi connectivity index (χ1n) is 11.4. The van der Waals surface area contributed by atoms with E-state index in [4.69, 9.17) is 27.9 Å². The van der Waals surface area contributed by atoms with Gasteiger partial charge in [0.1, 0.15) is 11.8 Å². The van der Waals surface area contributed by atoms with E-state index < -0.39 is 11.6 Å². The van der Waals surface area contributed by atoms with E-state index in [2.05, 4.69) is 5.32 Å². The zero-order chi connectivity index (χ0) is 25.4. The van der Waals surface area contributed by atoms with E-state index in [1.54, 1.807) is 30.3 Å². The molecule has 35 heavy (non-hydrogen) atoms. The quantitative estimate of drug-likeness (QED) is 0.386. The second kappa shape index (κ2) is 12.1. The molecular weight excluding hydrogens is 483 g/mol. The van der Waals surface area contributed by atoms with Crippen molar-refractivity contribution in [1.29, 1.82) is 0 Å². The van der Waals surface area contributed by atoms with Crippen LogP contribution in [0.4, 0.5) is 0 Å². The van der Waals surface area contributed by atoms with Crippen molar-refractivity contribution in [3.63, 3.8) is 0 Å². The first-order chi connectivity index (χ1) is 16.6. The Balaban J connectivity index is 1.95. The van der Waals surface area contributed by atoms with Gasteiger partial charge in [-0.1, -0.05) is 83.9 Å². The van der Waals surface area contributed by atoms with Crippen LogP contribution >= 0.6 is 23.2 Å². The molecule has 0 aliphatic heterocycles. The summed E-state index contributed by atoms with van der Waals surface area (Å²) in [6.45, 7) is 5.60. The highest BCUT2D eigenvalue weighted by molar-refractivity contribution is 6.32. The molecule has 3 rings (SSSR count). The molecule has 3 aromatic rings. The SMILES string of the molecule is CC(C)(C)NC(=O)C(Cc1ccccc1)N(Cc1ccccc1Cl)C(=O)COc1ccccc1Cl. The largest absolute Gasteiger partial charge is 0.482 e. The fourth-order valence-electron chi connectivity index (χ4n) is 3.60. The third-order valence-corrected chi connectivity index (χ3v) is 5.94. The summed E-state index contributed by atoms with van der Waals surface area (Å²) < 4.78 is 5.74. The molecule has 7 heteroatoms. The molecule has 3 aromatic carbocycles. The first kappa shape index (κ1) is 26.6. The summed E-state index contributed by atoms with van der Waals surface area (Å²) in [6.07, 6.45) is 0.338. The van der Waals surface area contributed by atoms with Crippen LogP contribution in [0.5, 0.6) is 5.75 Å². The Morgan fingerprint density at radius 1 is 0.886 bits per heavy atom. The Hall–Kier alpha value is -3.02. The van der Waals surface area contributed by atoms with E-state index in [9.17, 15) is 9.59 Å². The zero-order valence-corrected chi connectivity index (χ0v) is 21.6. The number of carbonyl (C=O) groups is 2. The van der Waals surface area contributed by atoms with Crippen LogP contribution in [-0.2, 0) is 22.6 Å². The van der Waals surface area contributed by atoms with Gasteiger partial charge < -0.3 is 15.0 Å². The van der Waals surface area contributed by atoms with Crippen molar-refractivity contribution in [3.05, 3.63) is 100 Å². The smallest absolute Gasteiger partial charge is 0.261 e. The standard InChI is InChI=1S/C28H30Cl2N2O3/c1-28(2,3)31-27(34)24(17-20-11-5-4-6-12-20)32(18-21-13-7-8-14-22(21)29)26(33)19-35-25-16-10-9-15-23(25)30/h4-16,24H,17-19H2,1-3H3,(H,31,34). The van der Waals surface area contributed by atoms with Crippen LogP contribution < -0.4 is 10.1 Å². The Kier molecular flexibility index (Phi) is 9.19. The Morgan fingerprint density at radius 3 is 2.11 bits per heavy atom. The van der Waals surface area contributed by atoms with Crippen LogP contribution in [0, 0.1) is 0 Å². The van der Waals surface area contributed by atoms with E-state index in [-0.39, 0.29) is 25.0 Å². The van der Waals surface area contributed by atoms with E-state index in [0.717, 1.165) is 11.1 Å². The average molecular weight is 513 g/mol. The molecule has 0 radical (unpaired) electrons. The summed E-state index contributed by atoms with van der Waals surface area (Å²) in [4.78, 5) is 28.6. The average Bonchev–Trinajstić information content (AvgIpc) is 2.81. The summed E-state index contributed by atoms with van der Waals surface area (Å²) in [6, 6.07) is 23.1. The van der Waals surface area contributed by atoms with Crippen molar-refractivity contribution in [2.24, 2.45) is 0 Å². The Bertz CT molecular complexity index is 1150. The number of rotatable bonds is 9. The third kappa shape index (κ3) is 8.01. The number of benzene rings is 3. The number of nitrogens with one attached hydrogen (secondary N) is 1. The van der Waals surface area contributed by atoms with Crippen LogP contribution in [0.1, 0.15) is 31.9 Å². The summed E-state index contributed by atoms with van der Waals surface area (Å²) in [7, 11) is 0. The number of nitrogens with zero attached hydrogens (tertiary/aromatic N) is 1. The van der Waals surface area contributed by atoms with Gasteiger partial charge >= 0.3 is 0 Å². The molecule has 0 fully saturated rings. The van der Waals surface area contributed by atoms with E-state index in [1.165, 1.54) is 4.90 Å². The summed E-state index contributed by atoms with van der Waals surface area (Å²) in [5.41, 5.74) is 1.20. The minimum Gasteiger partial charge on any atom is -0.482 e. The van der Waals surface area contributed by atoms with Gasteiger partial charge in [-0.25, -0.2) is 0 Å². The fourth-order valence-corrected chi connectivity index (χ4v) is 3.99. The minimum atomic E-state index is -0.782. The molecule has 1 unspecified atom stereocenters. The molecule has 0 spiro atoms. The first-order valence-corrected chi connectivity index (χ1v) is 12.2. The van der Waals surface area contributed by atoms with Crippen molar-refractivity contribution >= 4 is 35.0 Å². The molecule has 1 atom stereocenters. The maximum atomic E-state index is 13.6. The highest BCUT2D eigenvalue weighted by Gasteiger charge is 2.32. The third-order valence-electron chi connectivity index (χ3n) is 5.26. The van der Waals surface area contributed by atoms with Crippen LogP contribution in [0.25, 0.3) is 0 Å². The molecule has 184 valence electrons. The Labute approximate surface area is 217 Å².